The molecule has 22 heavy (non-hydrogen) atoms. The highest BCUT2D eigenvalue weighted by Crippen LogP contribution is 2.28. The molecule has 2 heterocycles. The number of hydrogen-bond donors (Lipinski definition) is 1. The minimum atomic E-state index is 0. The Kier molecular flexibility index (Phi) is 6.27. The van der Waals surface area contributed by atoms with Crippen molar-refractivity contribution in [3.63, 3.8) is 0 Å². The zero-order chi connectivity index (χ0) is 14.7. The van der Waals surface area contributed by atoms with Crippen LogP contribution in [-0.2, 0) is 17.6 Å². The molecule has 2 atom stereocenters. The Balaban J connectivity index is 0.00000176. The monoisotopic (exact) mass is 322 g/mol. The van der Waals surface area contributed by atoms with Crippen LogP contribution in [0.1, 0.15) is 43.7 Å². The van der Waals surface area contributed by atoms with Gasteiger partial charge in [-0.15, -0.1) is 12.4 Å². The van der Waals surface area contributed by atoms with Crippen LogP contribution in [0.3, 0.4) is 0 Å². The van der Waals surface area contributed by atoms with Gasteiger partial charge >= 0.3 is 0 Å². The number of amides is 1. The van der Waals surface area contributed by atoms with Gasteiger partial charge in [0, 0.05) is 25.0 Å². The Hall–Kier alpha value is -1.06. The molecule has 2 fully saturated rings. The molecule has 1 aromatic rings. The predicted molar refractivity (Wildman–Crippen MR) is 92.5 cm³/mol. The van der Waals surface area contributed by atoms with E-state index in [2.05, 4.69) is 41.4 Å². The zero-order valence-corrected chi connectivity index (χ0v) is 14.2. The molecule has 1 aromatic carbocycles. The van der Waals surface area contributed by atoms with Crippen molar-refractivity contribution in [1.82, 2.24) is 10.2 Å². The summed E-state index contributed by atoms with van der Waals surface area (Å²) in [4.78, 5) is 14.8. The Morgan fingerprint density at radius 1 is 1.14 bits per heavy atom. The number of carbonyl (C=O) groups is 1. The highest BCUT2D eigenvalue weighted by atomic mass is 35.5. The van der Waals surface area contributed by atoms with Gasteiger partial charge in [-0.2, -0.15) is 0 Å². The van der Waals surface area contributed by atoms with Gasteiger partial charge in [0.25, 0.3) is 0 Å². The van der Waals surface area contributed by atoms with Crippen LogP contribution in [0.2, 0.25) is 0 Å². The van der Waals surface area contributed by atoms with Crippen LogP contribution in [0.15, 0.2) is 24.3 Å². The van der Waals surface area contributed by atoms with Gasteiger partial charge in [0.05, 0.1) is 0 Å². The summed E-state index contributed by atoms with van der Waals surface area (Å²) in [6.07, 6.45) is 6.08. The van der Waals surface area contributed by atoms with Crippen LogP contribution in [0.4, 0.5) is 0 Å². The first-order valence-electron chi connectivity index (χ1n) is 8.37. The van der Waals surface area contributed by atoms with Crippen molar-refractivity contribution in [3.8, 4) is 0 Å². The van der Waals surface area contributed by atoms with Crippen LogP contribution >= 0.6 is 12.4 Å². The van der Waals surface area contributed by atoms with Crippen molar-refractivity contribution in [2.75, 3.05) is 13.1 Å². The average molecular weight is 323 g/mol. The molecular weight excluding hydrogens is 296 g/mol. The van der Waals surface area contributed by atoms with E-state index >= 15 is 0 Å². The standard InChI is InChI=1S/C18H26N2O.ClH/c1-2-14-3-5-15(6-4-14)7-10-18(21)20-16-8-9-17(20)13-19-12-11-16;/h3-6,16-17,19H,2,7-13H2,1H3;1H. The summed E-state index contributed by atoms with van der Waals surface area (Å²) in [7, 11) is 0. The van der Waals surface area contributed by atoms with Crippen LogP contribution in [0.5, 0.6) is 0 Å². The molecule has 2 bridgehead atoms. The van der Waals surface area contributed by atoms with Crippen LogP contribution in [-0.4, -0.2) is 36.0 Å². The van der Waals surface area contributed by atoms with Gasteiger partial charge in [-0.05, 0) is 49.8 Å². The highest BCUT2D eigenvalue weighted by Gasteiger charge is 2.37. The highest BCUT2D eigenvalue weighted by molar-refractivity contribution is 5.85. The Morgan fingerprint density at radius 2 is 1.82 bits per heavy atom. The van der Waals surface area contributed by atoms with Crippen molar-refractivity contribution in [3.05, 3.63) is 35.4 Å². The van der Waals surface area contributed by atoms with Crippen molar-refractivity contribution >= 4 is 18.3 Å². The molecular formula is C18H27ClN2O. The second-order valence-corrected chi connectivity index (χ2v) is 6.35. The number of hydrogen-bond acceptors (Lipinski definition) is 2. The van der Waals surface area contributed by atoms with Crippen LogP contribution < -0.4 is 5.32 Å². The molecule has 2 saturated heterocycles. The number of aryl methyl sites for hydroxylation is 2. The molecule has 4 heteroatoms. The molecule has 122 valence electrons. The number of rotatable bonds is 4. The largest absolute Gasteiger partial charge is 0.335 e. The predicted octanol–water partition coefficient (Wildman–Crippen LogP) is 2.96. The number of nitrogens with one attached hydrogen (secondary N) is 1. The van der Waals surface area contributed by atoms with E-state index in [0.717, 1.165) is 32.4 Å². The van der Waals surface area contributed by atoms with Crippen LogP contribution in [0.25, 0.3) is 0 Å². The number of fused-ring (bicyclic) bond motifs is 2. The Labute approximate surface area is 139 Å². The smallest absolute Gasteiger partial charge is 0.223 e. The zero-order valence-electron chi connectivity index (χ0n) is 13.4. The second-order valence-electron chi connectivity index (χ2n) is 6.35. The minimum absolute atomic E-state index is 0. The summed E-state index contributed by atoms with van der Waals surface area (Å²) in [6.45, 7) is 4.21. The molecule has 0 spiro atoms. The third-order valence-electron chi connectivity index (χ3n) is 5.00. The molecule has 3 nitrogen and oxygen atoms in total. The molecule has 0 aliphatic carbocycles. The van der Waals surface area contributed by atoms with Gasteiger partial charge in [0.15, 0.2) is 0 Å². The summed E-state index contributed by atoms with van der Waals surface area (Å²) in [5.41, 5.74) is 2.64. The number of carbonyl (C=O) groups excluding carboxylic acids is 1. The Morgan fingerprint density at radius 3 is 2.55 bits per heavy atom. The van der Waals surface area contributed by atoms with Gasteiger partial charge in [-0.25, -0.2) is 0 Å². The molecule has 1 amide bonds. The molecule has 0 saturated carbocycles. The van der Waals surface area contributed by atoms with Gasteiger partial charge in [-0.1, -0.05) is 31.2 Å². The van der Waals surface area contributed by atoms with E-state index in [4.69, 9.17) is 0 Å². The lowest BCUT2D eigenvalue weighted by molar-refractivity contribution is -0.133. The molecule has 0 radical (unpaired) electrons. The Bertz CT molecular complexity index is 474. The maximum atomic E-state index is 12.6. The summed E-state index contributed by atoms with van der Waals surface area (Å²) in [6, 6.07) is 9.63. The van der Waals surface area contributed by atoms with Crippen molar-refractivity contribution in [2.45, 2.75) is 57.5 Å². The van der Waals surface area contributed by atoms with Crippen molar-refractivity contribution in [1.29, 1.82) is 0 Å². The fourth-order valence-electron chi connectivity index (χ4n) is 3.71. The molecule has 3 rings (SSSR count). The fraction of sp³-hybridized carbons (Fsp3) is 0.611. The van der Waals surface area contributed by atoms with E-state index < -0.39 is 0 Å². The molecule has 1 N–H and O–H groups in total. The first-order chi connectivity index (χ1) is 10.3. The maximum Gasteiger partial charge on any atom is 0.223 e. The van der Waals surface area contributed by atoms with Crippen LogP contribution in [0, 0.1) is 0 Å². The first-order valence-corrected chi connectivity index (χ1v) is 8.37. The third kappa shape index (κ3) is 3.82. The lowest BCUT2D eigenvalue weighted by Crippen LogP contribution is -2.42. The number of benzene rings is 1. The summed E-state index contributed by atoms with van der Waals surface area (Å²) in [5, 5.41) is 3.46. The van der Waals surface area contributed by atoms with Gasteiger partial charge in [-0.3, -0.25) is 4.79 Å². The molecule has 0 aromatic heterocycles. The van der Waals surface area contributed by atoms with Gasteiger partial charge in [0.1, 0.15) is 0 Å². The SMILES string of the molecule is CCc1ccc(CCC(=O)N2C3CCNCC2CC3)cc1.Cl. The third-order valence-corrected chi connectivity index (χ3v) is 5.00. The lowest BCUT2D eigenvalue weighted by Gasteiger charge is -2.28. The number of halogens is 1. The minimum Gasteiger partial charge on any atom is -0.335 e. The molecule has 2 unspecified atom stereocenters. The van der Waals surface area contributed by atoms with Gasteiger partial charge in [0.2, 0.25) is 5.91 Å². The summed E-state index contributed by atoms with van der Waals surface area (Å²) < 4.78 is 0. The van der Waals surface area contributed by atoms with E-state index in [0.29, 0.717) is 24.4 Å². The number of nitrogens with zero attached hydrogens (tertiary/aromatic N) is 1. The first kappa shape index (κ1) is 17.3. The van der Waals surface area contributed by atoms with E-state index in [1.54, 1.807) is 0 Å². The maximum absolute atomic E-state index is 12.6. The summed E-state index contributed by atoms with van der Waals surface area (Å²) >= 11 is 0. The van der Waals surface area contributed by atoms with E-state index in [-0.39, 0.29) is 12.4 Å². The second kappa shape index (κ2) is 7.98. The normalized spacial score (nSPS) is 23.8. The topological polar surface area (TPSA) is 32.3 Å². The lowest BCUT2D eigenvalue weighted by atomic mass is 10.1. The average Bonchev–Trinajstić information content (AvgIpc) is 2.78. The summed E-state index contributed by atoms with van der Waals surface area (Å²) in [5.74, 6) is 0.353. The van der Waals surface area contributed by atoms with E-state index in [1.165, 1.54) is 24.0 Å². The van der Waals surface area contributed by atoms with Gasteiger partial charge < -0.3 is 10.2 Å². The molecule has 2 aliphatic heterocycles. The molecule has 2 aliphatic rings. The van der Waals surface area contributed by atoms with Crippen molar-refractivity contribution < 1.29 is 4.79 Å². The van der Waals surface area contributed by atoms with E-state index in [1.807, 2.05) is 0 Å². The van der Waals surface area contributed by atoms with E-state index in [9.17, 15) is 4.79 Å². The van der Waals surface area contributed by atoms with Crippen molar-refractivity contribution in [2.24, 2.45) is 0 Å². The quantitative estimate of drug-likeness (QED) is 0.924. The fourth-order valence-corrected chi connectivity index (χ4v) is 3.71.